The van der Waals surface area contributed by atoms with Crippen molar-refractivity contribution in [2.45, 2.75) is 63.2 Å². The predicted octanol–water partition coefficient (Wildman–Crippen LogP) is 3.89. The Balaban J connectivity index is 1.87. The molecule has 1 aromatic rings. The smallest absolute Gasteiger partial charge is 0.228 e. The van der Waals surface area contributed by atoms with E-state index in [2.05, 4.69) is 24.4 Å². The molecule has 1 aromatic carbocycles. The molecule has 3 aliphatic rings. The highest BCUT2D eigenvalue weighted by Crippen LogP contribution is 2.56. The van der Waals surface area contributed by atoms with E-state index >= 15 is 0 Å². The summed E-state index contributed by atoms with van der Waals surface area (Å²) < 4.78 is 0. The summed E-state index contributed by atoms with van der Waals surface area (Å²) in [5, 5.41) is 3.11. The van der Waals surface area contributed by atoms with E-state index in [-0.39, 0.29) is 5.91 Å². The Morgan fingerprint density at radius 2 is 2.00 bits per heavy atom. The van der Waals surface area contributed by atoms with Crippen molar-refractivity contribution in [1.29, 1.82) is 0 Å². The molecule has 1 N–H and O–H groups in total. The lowest BCUT2D eigenvalue weighted by Crippen LogP contribution is -2.26. The molecule has 1 aliphatic heterocycles. The maximum Gasteiger partial charge on any atom is 0.228 e. The largest absolute Gasteiger partial charge is 0.325 e. The highest BCUT2D eigenvalue weighted by Gasteiger charge is 2.44. The van der Waals surface area contributed by atoms with Gasteiger partial charge in [-0.3, -0.25) is 4.79 Å². The lowest BCUT2D eigenvalue weighted by atomic mass is 9.70. The highest BCUT2D eigenvalue weighted by atomic mass is 16.1. The SMILES string of the molecule is CC1CC2(CCCCC2)c2ccc3c(c21)NC(=O)C3. The van der Waals surface area contributed by atoms with Gasteiger partial charge in [-0.1, -0.05) is 38.3 Å². The van der Waals surface area contributed by atoms with Crippen molar-refractivity contribution in [3.05, 3.63) is 28.8 Å². The number of hydrogen-bond donors (Lipinski definition) is 1. The molecular weight excluding hydrogens is 234 g/mol. The fraction of sp³-hybridized carbons (Fsp3) is 0.588. The van der Waals surface area contributed by atoms with Gasteiger partial charge in [-0.25, -0.2) is 0 Å². The first-order valence-corrected chi connectivity index (χ1v) is 7.66. The van der Waals surface area contributed by atoms with Crippen molar-refractivity contribution >= 4 is 11.6 Å². The summed E-state index contributed by atoms with van der Waals surface area (Å²) in [5.74, 6) is 0.765. The average Bonchev–Trinajstić information content (AvgIpc) is 2.89. The molecule has 1 heterocycles. The molecule has 2 aliphatic carbocycles. The minimum Gasteiger partial charge on any atom is -0.325 e. The molecule has 4 rings (SSSR count). The van der Waals surface area contributed by atoms with Gasteiger partial charge in [-0.15, -0.1) is 0 Å². The van der Waals surface area contributed by atoms with Crippen LogP contribution in [0.1, 0.15) is 68.1 Å². The monoisotopic (exact) mass is 255 g/mol. The van der Waals surface area contributed by atoms with Crippen molar-refractivity contribution < 1.29 is 4.79 Å². The molecule has 2 nitrogen and oxygen atoms in total. The second kappa shape index (κ2) is 3.84. The molecule has 1 spiro atoms. The van der Waals surface area contributed by atoms with Gasteiger partial charge in [0.2, 0.25) is 5.91 Å². The Morgan fingerprint density at radius 3 is 2.79 bits per heavy atom. The quantitative estimate of drug-likeness (QED) is 0.748. The van der Waals surface area contributed by atoms with Gasteiger partial charge < -0.3 is 5.32 Å². The summed E-state index contributed by atoms with van der Waals surface area (Å²) in [6.07, 6.45) is 8.68. The van der Waals surface area contributed by atoms with Crippen LogP contribution in [-0.2, 0) is 16.6 Å². The number of nitrogens with one attached hydrogen (secondary N) is 1. The number of hydrogen-bond acceptors (Lipinski definition) is 1. The van der Waals surface area contributed by atoms with Crippen LogP contribution in [0.2, 0.25) is 0 Å². The lowest BCUT2D eigenvalue weighted by molar-refractivity contribution is -0.115. The van der Waals surface area contributed by atoms with Crippen LogP contribution < -0.4 is 5.32 Å². The fourth-order valence-corrected chi connectivity index (χ4v) is 4.79. The maximum absolute atomic E-state index is 11.7. The molecule has 1 atom stereocenters. The van der Waals surface area contributed by atoms with Crippen LogP contribution in [-0.4, -0.2) is 5.91 Å². The van der Waals surface area contributed by atoms with Crippen LogP contribution in [0.5, 0.6) is 0 Å². The topological polar surface area (TPSA) is 29.1 Å². The zero-order valence-corrected chi connectivity index (χ0v) is 11.6. The summed E-state index contributed by atoms with van der Waals surface area (Å²) in [5.41, 5.74) is 5.82. The number of carbonyl (C=O) groups is 1. The van der Waals surface area contributed by atoms with Crippen molar-refractivity contribution in [2.24, 2.45) is 0 Å². The highest BCUT2D eigenvalue weighted by molar-refractivity contribution is 6.00. The summed E-state index contributed by atoms with van der Waals surface area (Å²) >= 11 is 0. The van der Waals surface area contributed by atoms with Gasteiger partial charge in [-0.05, 0) is 47.3 Å². The molecule has 1 saturated carbocycles. The Kier molecular flexibility index (Phi) is 2.33. The van der Waals surface area contributed by atoms with Gasteiger partial charge in [0.25, 0.3) is 0 Å². The minimum atomic E-state index is 0.167. The molecule has 19 heavy (non-hydrogen) atoms. The van der Waals surface area contributed by atoms with Crippen LogP contribution in [0.3, 0.4) is 0 Å². The predicted molar refractivity (Wildman–Crippen MR) is 76.6 cm³/mol. The van der Waals surface area contributed by atoms with Crippen LogP contribution in [0.4, 0.5) is 5.69 Å². The zero-order chi connectivity index (χ0) is 13.0. The van der Waals surface area contributed by atoms with Gasteiger partial charge in [0, 0.05) is 5.69 Å². The number of amides is 1. The van der Waals surface area contributed by atoms with Crippen LogP contribution in [0.25, 0.3) is 0 Å². The van der Waals surface area contributed by atoms with E-state index in [9.17, 15) is 4.79 Å². The van der Waals surface area contributed by atoms with Crippen molar-refractivity contribution in [3.8, 4) is 0 Å². The second-order valence-corrected chi connectivity index (χ2v) is 6.73. The molecule has 1 amide bonds. The zero-order valence-electron chi connectivity index (χ0n) is 11.6. The van der Waals surface area contributed by atoms with Crippen molar-refractivity contribution in [3.63, 3.8) is 0 Å². The van der Waals surface area contributed by atoms with Gasteiger partial charge in [0.15, 0.2) is 0 Å². The molecule has 1 unspecified atom stereocenters. The molecule has 0 bridgehead atoms. The van der Waals surface area contributed by atoms with Crippen molar-refractivity contribution in [1.82, 2.24) is 0 Å². The van der Waals surface area contributed by atoms with E-state index in [1.165, 1.54) is 49.7 Å². The molecule has 2 heteroatoms. The number of carbonyl (C=O) groups excluding carboxylic acids is 1. The number of anilines is 1. The Labute approximate surface area is 114 Å². The summed E-state index contributed by atoms with van der Waals surface area (Å²) in [6.45, 7) is 2.34. The Morgan fingerprint density at radius 1 is 1.21 bits per heavy atom. The summed E-state index contributed by atoms with van der Waals surface area (Å²) in [7, 11) is 0. The third-order valence-corrected chi connectivity index (χ3v) is 5.52. The van der Waals surface area contributed by atoms with Crippen LogP contribution >= 0.6 is 0 Å². The molecule has 0 radical (unpaired) electrons. The molecular formula is C17H21NO. The fourth-order valence-electron chi connectivity index (χ4n) is 4.79. The molecule has 100 valence electrons. The third-order valence-electron chi connectivity index (χ3n) is 5.52. The molecule has 1 fully saturated rings. The number of rotatable bonds is 0. The van der Waals surface area contributed by atoms with E-state index in [1.807, 2.05) is 0 Å². The second-order valence-electron chi connectivity index (χ2n) is 6.73. The lowest BCUT2D eigenvalue weighted by Gasteiger charge is -2.35. The standard InChI is InChI=1S/C17H21NO/c1-11-10-17(7-3-2-4-8-17)13-6-5-12-9-14(19)18-16(12)15(11)13/h5-6,11H,2-4,7-10H2,1H3,(H,18,19). The van der Waals surface area contributed by atoms with Gasteiger partial charge in [0.05, 0.1) is 6.42 Å². The van der Waals surface area contributed by atoms with Crippen LogP contribution in [0.15, 0.2) is 12.1 Å². The van der Waals surface area contributed by atoms with E-state index < -0.39 is 0 Å². The van der Waals surface area contributed by atoms with Crippen LogP contribution in [0, 0.1) is 0 Å². The van der Waals surface area contributed by atoms with Gasteiger partial charge >= 0.3 is 0 Å². The van der Waals surface area contributed by atoms with E-state index in [0.717, 1.165) is 5.69 Å². The maximum atomic E-state index is 11.7. The van der Waals surface area contributed by atoms with E-state index in [4.69, 9.17) is 0 Å². The van der Waals surface area contributed by atoms with E-state index in [0.29, 0.717) is 17.8 Å². The average molecular weight is 255 g/mol. The Hall–Kier alpha value is -1.31. The number of benzene rings is 1. The van der Waals surface area contributed by atoms with Crippen molar-refractivity contribution in [2.75, 3.05) is 5.32 Å². The first kappa shape index (κ1) is 11.5. The first-order valence-electron chi connectivity index (χ1n) is 7.66. The number of fused-ring (bicyclic) bond motifs is 4. The minimum absolute atomic E-state index is 0.167. The summed E-state index contributed by atoms with van der Waals surface area (Å²) in [4.78, 5) is 11.7. The van der Waals surface area contributed by atoms with E-state index in [1.54, 1.807) is 5.56 Å². The molecule has 0 aromatic heterocycles. The summed E-state index contributed by atoms with van der Waals surface area (Å²) in [6, 6.07) is 4.53. The van der Waals surface area contributed by atoms with Gasteiger partial charge in [-0.2, -0.15) is 0 Å². The molecule has 0 saturated heterocycles. The first-order chi connectivity index (χ1) is 9.20. The normalized spacial score (nSPS) is 27.2. The van der Waals surface area contributed by atoms with Gasteiger partial charge in [0.1, 0.15) is 0 Å². The Bertz CT molecular complexity index is 555. The third kappa shape index (κ3) is 1.52.